The first-order chi connectivity index (χ1) is 12.5. The zero-order chi connectivity index (χ0) is 18.3. The molecule has 0 radical (unpaired) electrons. The van der Waals surface area contributed by atoms with Crippen LogP contribution in [0.4, 0.5) is 11.4 Å². The topological polar surface area (TPSA) is 6.48 Å². The standard InChI is InChI=1S/C23H23N2Se/c1-24(2)17-10-12-21-19(14-17)23(16-8-6-5-7-9-16)20-15-18(25(3)4)11-13-22(20)26-21/h5-15H,1-4H3/q+1. The molecule has 2 nitrogen and oxygen atoms in total. The number of rotatable bonds is 3. The Hall–Kier alpha value is -2.35. The average molecular weight is 406 g/mol. The van der Waals surface area contributed by atoms with Crippen molar-refractivity contribution < 1.29 is 0 Å². The molecule has 0 N–H and O–H groups in total. The molecule has 0 spiro atoms. The molecule has 1 aromatic heterocycles. The predicted octanol–water partition coefficient (Wildman–Crippen LogP) is 5.13. The minimum atomic E-state index is 0.332. The molecule has 1 heterocycles. The van der Waals surface area contributed by atoms with Crippen molar-refractivity contribution in [3.8, 4) is 11.1 Å². The summed E-state index contributed by atoms with van der Waals surface area (Å²) in [5.74, 6) is 0. The molecule has 3 aromatic carbocycles. The van der Waals surface area contributed by atoms with E-state index in [9.17, 15) is 0 Å². The van der Waals surface area contributed by atoms with Gasteiger partial charge >= 0.3 is 161 Å². The molecule has 0 aliphatic rings. The van der Waals surface area contributed by atoms with Crippen LogP contribution in [0, 0.1) is 0 Å². The zero-order valence-corrected chi connectivity index (χ0v) is 17.4. The first-order valence-electron chi connectivity index (χ1n) is 8.78. The summed E-state index contributed by atoms with van der Waals surface area (Å²) in [6.07, 6.45) is 0. The summed E-state index contributed by atoms with van der Waals surface area (Å²) in [5.41, 5.74) is 5.15. The van der Waals surface area contributed by atoms with Gasteiger partial charge in [-0.25, -0.2) is 0 Å². The summed E-state index contributed by atoms with van der Waals surface area (Å²) < 4.78 is 2.93. The van der Waals surface area contributed by atoms with Gasteiger partial charge in [0.15, 0.2) is 0 Å². The quantitative estimate of drug-likeness (QED) is 0.344. The van der Waals surface area contributed by atoms with E-state index in [1.165, 1.54) is 41.8 Å². The van der Waals surface area contributed by atoms with Crippen molar-refractivity contribution in [3.63, 3.8) is 0 Å². The third-order valence-electron chi connectivity index (χ3n) is 4.78. The predicted molar refractivity (Wildman–Crippen MR) is 117 cm³/mol. The van der Waals surface area contributed by atoms with Crippen molar-refractivity contribution in [2.75, 3.05) is 38.0 Å². The van der Waals surface area contributed by atoms with Crippen LogP contribution < -0.4 is 9.80 Å². The molecular formula is C23H23N2Se+. The Bertz CT molecular complexity index is 1020. The van der Waals surface area contributed by atoms with E-state index in [4.69, 9.17) is 0 Å². The molecule has 0 aliphatic carbocycles. The van der Waals surface area contributed by atoms with Crippen LogP contribution in [0.15, 0.2) is 66.7 Å². The minimum absolute atomic E-state index is 0.332. The van der Waals surface area contributed by atoms with E-state index in [1.54, 1.807) is 0 Å². The molecule has 4 aromatic rings. The molecule has 0 saturated heterocycles. The van der Waals surface area contributed by atoms with E-state index >= 15 is 0 Å². The van der Waals surface area contributed by atoms with Gasteiger partial charge in [-0.2, -0.15) is 0 Å². The summed E-state index contributed by atoms with van der Waals surface area (Å²) in [4.78, 5) is 4.36. The van der Waals surface area contributed by atoms with Crippen molar-refractivity contribution in [1.29, 1.82) is 0 Å². The Balaban J connectivity index is 2.16. The number of anilines is 2. The molecule has 0 bridgehead atoms. The summed E-state index contributed by atoms with van der Waals surface area (Å²) in [7, 11) is 8.43. The monoisotopic (exact) mass is 407 g/mol. The van der Waals surface area contributed by atoms with E-state index < -0.39 is 0 Å². The average Bonchev–Trinajstić information content (AvgIpc) is 2.65. The Kier molecular flexibility index (Phi) is 4.44. The summed E-state index contributed by atoms with van der Waals surface area (Å²) in [5, 5.41) is 2.76. The Morgan fingerprint density at radius 3 is 1.58 bits per heavy atom. The molecule has 3 heteroatoms. The Morgan fingerprint density at radius 2 is 1.12 bits per heavy atom. The van der Waals surface area contributed by atoms with Gasteiger partial charge in [0.05, 0.1) is 0 Å². The summed E-state index contributed by atoms with van der Waals surface area (Å²) >= 11 is 0.332. The molecule has 0 fully saturated rings. The number of hydrogen-bond donors (Lipinski definition) is 0. The zero-order valence-electron chi connectivity index (χ0n) is 15.7. The first-order valence-corrected chi connectivity index (χ1v) is 10.5. The molecule has 0 unspecified atom stereocenters. The van der Waals surface area contributed by atoms with Crippen LogP contribution in [-0.4, -0.2) is 42.7 Å². The second-order valence-electron chi connectivity index (χ2n) is 6.99. The molecule has 0 saturated carbocycles. The number of benzene rings is 3. The number of fused-ring (bicyclic) bond motifs is 2. The molecule has 26 heavy (non-hydrogen) atoms. The van der Waals surface area contributed by atoms with Gasteiger partial charge in [-0.15, -0.1) is 0 Å². The van der Waals surface area contributed by atoms with Crippen LogP contribution >= 0.6 is 0 Å². The molecule has 130 valence electrons. The van der Waals surface area contributed by atoms with Gasteiger partial charge in [-0.3, -0.25) is 0 Å². The second-order valence-corrected chi connectivity index (χ2v) is 9.27. The van der Waals surface area contributed by atoms with Gasteiger partial charge < -0.3 is 0 Å². The number of nitrogens with zero attached hydrogens (tertiary/aromatic N) is 2. The first kappa shape index (κ1) is 17.1. The van der Waals surface area contributed by atoms with E-state index in [-0.39, 0.29) is 0 Å². The van der Waals surface area contributed by atoms with Gasteiger partial charge in [-0.05, 0) is 0 Å². The van der Waals surface area contributed by atoms with Gasteiger partial charge in [0.2, 0.25) is 0 Å². The summed E-state index contributed by atoms with van der Waals surface area (Å²) in [6, 6.07) is 24.6. The molecule has 0 atom stereocenters. The maximum atomic E-state index is 2.35. The third-order valence-corrected chi connectivity index (χ3v) is 7.20. The van der Waals surface area contributed by atoms with E-state index in [0.29, 0.717) is 14.5 Å². The molecule has 4 rings (SSSR count). The maximum absolute atomic E-state index is 2.35. The number of hydrogen-bond acceptors (Lipinski definition) is 2. The fourth-order valence-electron chi connectivity index (χ4n) is 3.34. The van der Waals surface area contributed by atoms with Crippen molar-refractivity contribution in [2.24, 2.45) is 0 Å². The van der Waals surface area contributed by atoms with Crippen molar-refractivity contribution >= 4 is 45.2 Å². The SMILES string of the molecule is CN(C)c1ccc2[se+]c3ccc(N(C)C)cc3c(-c3ccccc3)c2c1. The van der Waals surface area contributed by atoms with Gasteiger partial charge in [0.1, 0.15) is 0 Å². The van der Waals surface area contributed by atoms with Crippen molar-refractivity contribution in [3.05, 3.63) is 66.7 Å². The Labute approximate surface area is 161 Å². The molecule has 0 amide bonds. The van der Waals surface area contributed by atoms with E-state index in [1.807, 2.05) is 0 Å². The van der Waals surface area contributed by atoms with Crippen LogP contribution in [0.3, 0.4) is 0 Å². The van der Waals surface area contributed by atoms with Crippen LogP contribution in [0.5, 0.6) is 0 Å². The van der Waals surface area contributed by atoms with Crippen molar-refractivity contribution in [1.82, 2.24) is 0 Å². The van der Waals surface area contributed by atoms with E-state index in [0.717, 1.165) is 0 Å². The van der Waals surface area contributed by atoms with Crippen LogP contribution in [0.25, 0.3) is 30.4 Å². The van der Waals surface area contributed by atoms with Crippen molar-refractivity contribution in [2.45, 2.75) is 0 Å². The molecular weight excluding hydrogens is 383 g/mol. The van der Waals surface area contributed by atoms with Crippen LogP contribution in [-0.2, 0) is 0 Å². The van der Waals surface area contributed by atoms with Gasteiger partial charge in [-0.1, -0.05) is 0 Å². The van der Waals surface area contributed by atoms with Crippen LogP contribution in [0.1, 0.15) is 0 Å². The normalized spacial score (nSPS) is 11.1. The fourth-order valence-corrected chi connectivity index (χ4v) is 5.55. The Morgan fingerprint density at radius 1 is 0.615 bits per heavy atom. The fraction of sp³-hybridized carbons (Fsp3) is 0.174. The van der Waals surface area contributed by atoms with Gasteiger partial charge in [0, 0.05) is 0 Å². The third kappa shape index (κ3) is 2.98. The van der Waals surface area contributed by atoms with Gasteiger partial charge in [0.25, 0.3) is 0 Å². The van der Waals surface area contributed by atoms with Crippen LogP contribution in [0.2, 0.25) is 0 Å². The van der Waals surface area contributed by atoms with E-state index in [2.05, 4.69) is 105 Å². The second kappa shape index (κ2) is 6.75. The summed E-state index contributed by atoms with van der Waals surface area (Å²) in [6.45, 7) is 0. The molecule has 0 aliphatic heterocycles.